The molecular formula is C13H13N3O4. The summed E-state index contributed by atoms with van der Waals surface area (Å²) in [5.41, 5.74) is 0.838. The first-order valence-electron chi connectivity index (χ1n) is 6.03. The van der Waals surface area contributed by atoms with Crippen LogP contribution < -0.4 is 0 Å². The Balaban J connectivity index is 2.29. The first kappa shape index (κ1) is 14.0. The van der Waals surface area contributed by atoms with Crippen molar-refractivity contribution in [1.29, 1.82) is 5.26 Å². The number of β-amino-alcohol motifs (C(OH)–C–C–N with tert-alkyl or cyclic N) is 1. The van der Waals surface area contributed by atoms with Crippen LogP contribution in [0.3, 0.4) is 0 Å². The molecule has 1 aromatic heterocycles. The number of likely N-dealkylation sites (tertiary alicyclic amines) is 1. The summed E-state index contributed by atoms with van der Waals surface area (Å²) < 4.78 is 0. The lowest BCUT2D eigenvalue weighted by atomic mass is 10.2. The number of aromatic nitrogens is 1. The second-order valence-corrected chi connectivity index (χ2v) is 4.64. The number of aliphatic carboxylic acids is 1. The average Bonchev–Trinajstić information content (AvgIpc) is 2.80. The van der Waals surface area contributed by atoms with E-state index in [4.69, 9.17) is 10.4 Å². The highest BCUT2D eigenvalue weighted by Crippen LogP contribution is 2.20. The average molecular weight is 275 g/mol. The van der Waals surface area contributed by atoms with E-state index in [1.165, 1.54) is 12.1 Å². The summed E-state index contributed by atoms with van der Waals surface area (Å²) in [6, 6.07) is 3.75. The molecule has 2 rings (SSSR count). The highest BCUT2D eigenvalue weighted by Gasteiger charge is 2.39. The van der Waals surface area contributed by atoms with Crippen molar-refractivity contribution in [2.45, 2.75) is 25.5 Å². The zero-order chi connectivity index (χ0) is 14.9. The Morgan fingerprint density at radius 1 is 1.50 bits per heavy atom. The van der Waals surface area contributed by atoms with Crippen LogP contribution in [0.2, 0.25) is 0 Å². The zero-order valence-electron chi connectivity index (χ0n) is 10.8. The predicted octanol–water partition coefficient (Wildman–Crippen LogP) is -0.0783. The Kier molecular flexibility index (Phi) is 3.68. The molecule has 2 atom stereocenters. The van der Waals surface area contributed by atoms with E-state index >= 15 is 0 Å². The Hall–Kier alpha value is -2.46. The van der Waals surface area contributed by atoms with Gasteiger partial charge in [0.1, 0.15) is 17.8 Å². The highest BCUT2D eigenvalue weighted by molar-refractivity contribution is 5.95. The van der Waals surface area contributed by atoms with Gasteiger partial charge in [0.25, 0.3) is 5.91 Å². The van der Waals surface area contributed by atoms with Gasteiger partial charge in [-0.3, -0.25) is 4.79 Å². The maximum Gasteiger partial charge on any atom is 0.326 e. The number of hydrogen-bond acceptors (Lipinski definition) is 5. The number of carboxylic acid groups (broad SMARTS) is 1. The van der Waals surface area contributed by atoms with Crippen molar-refractivity contribution in [3.63, 3.8) is 0 Å². The van der Waals surface area contributed by atoms with Crippen LogP contribution in [-0.4, -0.2) is 50.7 Å². The molecule has 0 bridgehead atoms. The lowest BCUT2D eigenvalue weighted by Crippen LogP contribution is -2.41. The fourth-order valence-electron chi connectivity index (χ4n) is 2.22. The molecule has 0 radical (unpaired) electrons. The van der Waals surface area contributed by atoms with E-state index in [1.54, 1.807) is 6.92 Å². The molecule has 1 fully saturated rings. The lowest BCUT2D eigenvalue weighted by Gasteiger charge is -2.20. The molecule has 2 N–H and O–H groups in total. The van der Waals surface area contributed by atoms with Crippen molar-refractivity contribution in [2.24, 2.45) is 0 Å². The van der Waals surface area contributed by atoms with Gasteiger partial charge in [-0.1, -0.05) is 0 Å². The molecule has 1 amide bonds. The number of aliphatic hydroxyl groups is 1. The van der Waals surface area contributed by atoms with E-state index in [2.05, 4.69) is 4.98 Å². The standard InChI is InChI=1S/C13H13N3O4/c1-7-8(5-14)2-3-10(15-7)12(18)16-6-9(17)4-11(16)13(19)20/h2-3,9,11,17H,4,6H2,1H3,(H,19,20)/t9?,11-/m0/s1. The summed E-state index contributed by atoms with van der Waals surface area (Å²) in [5, 5.41) is 27.4. The largest absolute Gasteiger partial charge is 0.480 e. The molecule has 20 heavy (non-hydrogen) atoms. The number of pyridine rings is 1. The van der Waals surface area contributed by atoms with Crippen molar-refractivity contribution in [3.05, 3.63) is 29.1 Å². The van der Waals surface area contributed by atoms with Gasteiger partial charge >= 0.3 is 5.97 Å². The SMILES string of the molecule is Cc1nc(C(=O)N2CC(O)C[C@H]2C(=O)O)ccc1C#N. The van der Waals surface area contributed by atoms with Gasteiger partial charge in [-0.25, -0.2) is 9.78 Å². The molecule has 2 heterocycles. The fourth-order valence-corrected chi connectivity index (χ4v) is 2.22. The predicted molar refractivity (Wildman–Crippen MR) is 66.8 cm³/mol. The third-order valence-electron chi connectivity index (χ3n) is 3.25. The number of nitrogens with zero attached hydrogens (tertiary/aromatic N) is 3. The fraction of sp³-hybridized carbons (Fsp3) is 0.385. The number of carbonyl (C=O) groups excluding carboxylic acids is 1. The molecular weight excluding hydrogens is 262 g/mol. The minimum atomic E-state index is -1.15. The van der Waals surface area contributed by atoms with Crippen LogP contribution >= 0.6 is 0 Å². The van der Waals surface area contributed by atoms with Crippen LogP contribution in [0.15, 0.2) is 12.1 Å². The number of nitriles is 1. The van der Waals surface area contributed by atoms with Crippen LogP contribution in [0.5, 0.6) is 0 Å². The highest BCUT2D eigenvalue weighted by atomic mass is 16.4. The van der Waals surface area contributed by atoms with E-state index in [9.17, 15) is 14.7 Å². The monoisotopic (exact) mass is 275 g/mol. The summed E-state index contributed by atoms with van der Waals surface area (Å²) >= 11 is 0. The Bertz CT molecular complexity index is 608. The molecule has 1 aliphatic rings. The van der Waals surface area contributed by atoms with Crippen LogP contribution in [0, 0.1) is 18.3 Å². The molecule has 7 nitrogen and oxygen atoms in total. The van der Waals surface area contributed by atoms with Gasteiger partial charge in [-0.15, -0.1) is 0 Å². The molecule has 0 spiro atoms. The Morgan fingerprint density at radius 3 is 2.75 bits per heavy atom. The molecule has 104 valence electrons. The number of aliphatic hydroxyl groups excluding tert-OH is 1. The van der Waals surface area contributed by atoms with Gasteiger partial charge in [0.2, 0.25) is 0 Å². The smallest absolute Gasteiger partial charge is 0.326 e. The van der Waals surface area contributed by atoms with Gasteiger partial charge in [0.05, 0.1) is 17.4 Å². The lowest BCUT2D eigenvalue weighted by molar-refractivity contribution is -0.141. The quantitative estimate of drug-likeness (QED) is 0.780. The van der Waals surface area contributed by atoms with E-state index in [1.807, 2.05) is 6.07 Å². The van der Waals surface area contributed by atoms with Crippen LogP contribution in [0.4, 0.5) is 0 Å². The Labute approximate surface area is 115 Å². The molecule has 7 heteroatoms. The third-order valence-corrected chi connectivity index (χ3v) is 3.25. The van der Waals surface area contributed by atoms with Gasteiger partial charge in [0, 0.05) is 13.0 Å². The summed E-state index contributed by atoms with van der Waals surface area (Å²) in [7, 11) is 0. The summed E-state index contributed by atoms with van der Waals surface area (Å²) in [5.74, 6) is -1.71. The van der Waals surface area contributed by atoms with Gasteiger partial charge in [-0.05, 0) is 19.1 Å². The maximum absolute atomic E-state index is 12.3. The van der Waals surface area contributed by atoms with E-state index in [0.29, 0.717) is 11.3 Å². The van der Waals surface area contributed by atoms with Crippen molar-refractivity contribution in [2.75, 3.05) is 6.54 Å². The molecule has 1 saturated heterocycles. The van der Waals surface area contributed by atoms with Gasteiger partial charge in [0.15, 0.2) is 0 Å². The second kappa shape index (κ2) is 5.27. The van der Waals surface area contributed by atoms with E-state index < -0.39 is 24.0 Å². The zero-order valence-corrected chi connectivity index (χ0v) is 10.8. The minimum Gasteiger partial charge on any atom is -0.480 e. The topological polar surface area (TPSA) is 115 Å². The molecule has 0 aromatic carbocycles. The number of amides is 1. The van der Waals surface area contributed by atoms with Gasteiger partial charge < -0.3 is 15.1 Å². The molecule has 0 saturated carbocycles. The molecule has 1 aromatic rings. The second-order valence-electron chi connectivity index (χ2n) is 4.64. The van der Waals surface area contributed by atoms with E-state index in [0.717, 1.165) is 4.90 Å². The first-order valence-corrected chi connectivity index (χ1v) is 6.03. The van der Waals surface area contributed by atoms with Crippen LogP contribution in [0.25, 0.3) is 0 Å². The normalized spacial score (nSPS) is 21.6. The summed E-state index contributed by atoms with van der Waals surface area (Å²) in [6.45, 7) is 1.57. The minimum absolute atomic E-state index is 0.0103. The first-order chi connectivity index (χ1) is 9.43. The molecule has 0 aliphatic carbocycles. The van der Waals surface area contributed by atoms with Crippen LogP contribution in [-0.2, 0) is 4.79 Å². The molecule has 1 unspecified atom stereocenters. The Morgan fingerprint density at radius 2 is 2.20 bits per heavy atom. The summed E-state index contributed by atoms with van der Waals surface area (Å²) in [4.78, 5) is 28.5. The van der Waals surface area contributed by atoms with E-state index in [-0.39, 0.29) is 18.7 Å². The van der Waals surface area contributed by atoms with Crippen molar-refractivity contribution in [3.8, 4) is 6.07 Å². The third kappa shape index (κ3) is 2.46. The number of carboxylic acids is 1. The van der Waals surface area contributed by atoms with Crippen LogP contribution in [0.1, 0.15) is 28.2 Å². The van der Waals surface area contributed by atoms with Crippen molar-refractivity contribution in [1.82, 2.24) is 9.88 Å². The van der Waals surface area contributed by atoms with Gasteiger partial charge in [-0.2, -0.15) is 5.26 Å². The summed E-state index contributed by atoms with van der Waals surface area (Å²) in [6.07, 6.45) is -0.837. The van der Waals surface area contributed by atoms with Crippen molar-refractivity contribution >= 4 is 11.9 Å². The maximum atomic E-state index is 12.3. The van der Waals surface area contributed by atoms with Crippen molar-refractivity contribution < 1.29 is 19.8 Å². The number of rotatable bonds is 2. The number of aryl methyl sites for hydroxylation is 1. The number of hydrogen-bond donors (Lipinski definition) is 2. The molecule has 1 aliphatic heterocycles. The number of carbonyl (C=O) groups is 2.